The van der Waals surface area contributed by atoms with Crippen LogP contribution in [0.3, 0.4) is 0 Å². The number of non-ortho nitro benzene ring substituents is 1. The van der Waals surface area contributed by atoms with E-state index in [2.05, 4.69) is 5.32 Å². The van der Waals surface area contributed by atoms with E-state index >= 15 is 0 Å². The third-order valence-electron chi connectivity index (χ3n) is 3.74. The fraction of sp³-hybridized carbons (Fsp3) is 0.250. The number of nitrogens with zero attached hydrogens (tertiary/aromatic N) is 1. The van der Waals surface area contributed by atoms with E-state index in [1.165, 1.54) is 36.4 Å². The number of nitrogens with one attached hydrogen (secondary N) is 1. The first kappa shape index (κ1) is 20.9. The molecule has 0 spiro atoms. The Bertz CT molecular complexity index is 850. The van der Waals surface area contributed by atoms with E-state index in [0.29, 0.717) is 0 Å². The van der Waals surface area contributed by atoms with Crippen molar-refractivity contribution in [3.05, 3.63) is 69.8 Å². The highest BCUT2D eigenvalue weighted by Crippen LogP contribution is 2.59. The Morgan fingerprint density at radius 3 is 2.19 bits per heavy atom. The molecule has 7 nitrogen and oxygen atoms in total. The lowest BCUT2D eigenvalue weighted by Crippen LogP contribution is -2.14. The van der Waals surface area contributed by atoms with E-state index in [4.69, 9.17) is 9.05 Å². The Labute approximate surface area is 152 Å². The standard InChI is InChI=1S/C16H16F3N2O5P/c1-25-27(24,26-2)15(11-6-8-14(9-7-11)21(22)23)20-13-5-3-4-12(10-13)16(17,18)19/h3-10,15,20H,1-2H3/t15-/m0/s1. The number of alkyl halides is 3. The molecule has 1 N–H and O–H groups in total. The molecule has 0 radical (unpaired) electrons. The SMILES string of the molecule is COP(=O)(OC)[C@H](Nc1cccc(C(F)(F)F)c1)c1ccc([N+](=O)[O-])cc1. The van der Waals surface area contributed by atoms with Crippen molar-refractivity contribution in [1.82, 2.24) is 0 Å². The van der Waals surface area contributed by atoms with Gasteiger partial charge in [-0.05, 0) is 35.9 Å². The Hall–Kier alpha value is -2.42. The molecular formula is C16H16F3N2O5P. The van der Waals surface area contributed by atoms with Crippen molar-refractivity contribution in [3.8, 4) is 0 Å². The molecule has 146 valence electrons. The summed E-state index contributed by atoms with van der Waals surface area (Å²) in [4.78, 5) is 10.2. The summed E-state index contributed by atoms with van der Waals surface area (Å²) < 4.78 is 61.6. The van der Waals surface area contributed by atoms with Crippen molar-refractivity contribution in [3.63, 3.8) is 0 Å². The number of benzene rings is 2. The topological polar surface area (TPSA) is 90.7 Å². The van der Waals surface area contributed by atoms with Crippen LogP contribution in [0.5, 0.6) is 0 Å². The number of nitro groups is 1. The fourth-order valence-electron chi connectivity index (χ4n) is 2.35. The van der Waals surface area contributed by atoms with Crippen LogP contribution in [0.1, 0.15) is 16.9 Å². The maximum Gasteiger partial charge on any atom is 0.416 e. The van der Waals surface area contributed by atoms with Crippen LogP contribution in [0, 0.1) is 10.1 Å². The molecule has 0 aliphatic heterocycles. The molecule has 2 aromatic rings. The van der Waals surface area contributed by atoms with E-state index in [9.17, 15) is 27.9 Å². The summed E-state index contributed by atoms with van der Waals surface area (Å²) in [5.74, 6) is -1.18. The van der Waals surface area contributed by atoms with Gasteiger partial charge in [-0.25, -0.2) is 0 Å². The second-order valence-electron chi connectivity index (χ2n) is 5.38. The zero-order valence-electron chi connectivity index (χ0n) is 14.3. The number of rotatable bonds is 7. The van der Waals surface area contributed by atoms with Gasteiger partial charge in [0.1, 0.15) is 0 Å². The van der Waals surface area contributed by atoms with Gasteiger partial charge in [0.25, 0.3) is 5.69 Å². The Kier molecular flexibility index (Phi) is 6.25. The fourth-order valence-corrected chi connectivity index (χ4v) is 3.77. The summed E-state index contributed by atoms with van der Waals surface area (Å²) in [6, 6.07) is 9.35. The Morgan fingerprint density at radius 1 is 1.11 bits per heavy atom. The molecule has 0 saturated heterocycles. The minimum absolute atomic E-state index is 0.0301. The zero-order valence-corrected chi connectivity index (χ0v) is 15.2. The molecule has 0 heterocycles. The number of anilines is 1. The molecule has 1 atom stereocenters. The van der Waals surface area contributed by atoms with Crippen molar-refractivity contribution in [2.75, 3.05) is 19.5 Å². The molecule has 2 aromatic carbocycles. The summed E-state index contributed by atoms with van der Waals surface area (Å²) in [5, 5.41) is 13.5. The predicted molar refractivity (Wildman–Crippen MR) is 92.5 cm³/mol. The van der Waals surface area contributed by atoms with Crippen molar-refractivity contribution in [1.29, 1.82) is 0 Å². The van der Waals surface area contributed by atoms with Gasteiger partial charge >= 0.3 is 13.8 Å². The van der Waals surface area contributed by atoms with Crippen molar-refractivity contribution in [2.45, 2.75) is 12.0 Å². The zero-order chi connectivity index (χ0) is 20.2. The monoisotopic (exact) mass is 404 g/mol. The van der Waals surface area contributed by atoms with Gasteiger partial charge in [0.2, 0.25) is 0 Å². The molecule has 0 unspecified atom stereocenters. The van der Waals surface area contributed by atoms with E-state index in [0.717, 1.165) is 26.4 Å². The van der Waals surface area contributed by atoms with Gasteiger partial charge in [0, 0.05) is 32.0 Å². The van der Waals surface area contributed by atoms with Crippen molar-refractivity contribution in [2.24, 2.45) is 0 Å². The lowest BCUT2D eigenvalue weighted by molar-refractivity contribution is -0.384. The minimum atomic E-state index is -4.55. The van der Waals surface area contributed by atoms with Crippen LogP contribution >= 0.6 is 7.60 Å². The van der Waals surface area contributed by atoms with Crippen LogP contribution in [0.4, 0.5) is 24.5 Å². The van der Waals surface area contributed by atoms with E-state index in [1.807, 2.05) is 0 Å². The lowest BCUT2D eigenvalue weighted by Gasteiger charge is -2.26. The van der Waals surface area contributed by atoms with E-state index < -0.39 is 30.0 Å². The molecule has 0 aliphatic rings. The van der Waals surface area contributed by atoms with Gasteiger partial charge in [-0.15, -0.1) is 0 Å². The first-order chi connectivity index (χ1) is 12.6. The highest BCUT2D eigenvalue weighted by atomic mass is 31.2. The molecule has 0 fully saturated rings. The van der Waals surface area contributed by atoms with Crippen molar-refractivity contribution >= 4 is 19.0 Å². The average molecular weight is 404 g/mol. The predicted octanol–water partition coefficient (Wildman–Crippen LogP) is 5.21. The molecule has 0 aromatic heterocycles. The van der Waals surface area contributed by atoms with Gasteiger partial charge in [-0.3, -0.25) is 14.7 Å². The van der Waals surface area contributed by atoms with Gasteiger partial charge in [0.15, 0.2) is 5.78 Å². The van der Waals surface area contributed by atoms with Gasteiger partial charge in [-0.2, -0.15) is 13.2 Å². The van der Waals surface area contributed by atoms with Gasteiger partial charge in [-0.1, -0.05) is 6.07 Å². The van der Waals surface area contributed by atoms with Crippen LogP contribution in [-0.4, -0.2) is 19.1 Å². The smallest absolute Gasteiger partial charge is 0.368 e. The van der Waals surface area contributed by atoms with Crippen LogP contribution in [0.25, 0.3) is 0 Å². The summed E-state index contributed by atoms with van der Waals surface area (Å²) in [6.45, 7) is 0. The number of hydrogen-bond donors (Lipinski definition) is 1. The van der Waals surface area contributed by atoms with Crippen LogP contribution in [0.2, 0.25) is 0 Å². The molecule has 0 bridgehead atoms. The molecule has 2 rings (SSSR count). The van der Waals surface area contributed by atoms with Crippen LogP contribution in [0.15, 0.2) is 48.5 Å². The summed E-state index contributed by atoms with van der Waals surface area (Å²) >= 11 is 0. The third-order valence-corrected chi connectivity index (χ3v) is 5.82. The summed E-state index contributed by atoms with van der Waals surface area (Å²) in [7, 11) is -1.56. The minimum Gasteiger partial charge on any atom is -0.368 e. The summed E-state index contributed by atoms with van der Waals surface area (Å²) in [5.41, 5.74) is -0.770. The molecule has 0 saturated carbocycles. The number of hydrogen-bond acceptors (Lipinski definition) is 6. The maximum absolute atomic E-state index is 12.9. The molecule has 27 heavy (non-hydrogen) atoms. The summed E-state index contributed by atoms with van der Waals surface area (Å²) in [6.07, 6.45) is -4.55. The third kappa shape index (κ3) is 4.85. The largest absolute Gasteiger partial charge is 0.416 e. The van der Waals surface area contributed by atoms with Crippen LogP contribution < -0.4 is 5.32 Å². The highest BCUT2D eigenvalue weighted by molar-refractivity contribution is 7.54. The second kappa shape index (κ2) is 8.08. The Balaban J connectivity index is 2.45. The highest BCUT2D eigenvalue weighted by Gasteiger charge is 2.36. The van der Waals surface area contributed by atoms with Crippen molar-refractivity contribution < 1.29 is 31.7 Å². The molecule has 11 heteroatoms. The van der Waals surface area contributed by atoms with Gasteiger partial charge in [0.05, 0.1) is 10.5 Å². The second-order valence-corrected chi connectivity index (χ2v) is 7.71. The maximum atomic E-state index is 12.9. The average Bonchev–Trinajstić information content (AvgIpc) is 2.65. The van der Waals surface area contributed by atoms with Crippen LogP contribution in [-0.2, 0) is 19.8 Å². The van der Waals surface area contributed by atoms with Gasteiger partial charge < -0.3 is 14.4 Å². The normalized spacial score (nSPS) is 13.2. The molecule has 0 aliphatic carbocycles. The molecule has 0 amide bonds. The number of halogens is 3. The first-order valence-corrected chi connectivity index (χ1v) is 9.11. The Morgan fingerprint density at radius 2 is 1.70 bits per heavy atom. The van der Waals surface area contributed by atoms with E-state index in [-0.39, 0.29) is 16.9 Å². The quantitative estimate of drug-likeness (QED) is 0.387. The number of nitro benzene ring substituents is 1. The lowest BCUT2D eigenvalue weighted by atomic mass is 10.1. The molecular weight excluding hydrogens is 388 g/mol. The first-order valence-electron chi connectivity index (χ1n) is 7.50. The van der Waals surface area contributed by atoms with E-state index in [1.54, 1.807) is 0 Å².